The molecule has 2 aromatic carbocycles. The summed E-state index contributed by atoms with van der Waals surface area (Å²) in [7, 11) is 0. The van der Waals surface area contributed by atoms with Gasteiger partial charge in [-0.05, 0) is 60.5 Å². The molecule has 0 bridgehead atoms. The van der Waals surface area contributed by atoms with Crippen molar-refractivity contribution in [3.8, 4) is 6.07 Å². The van der Waals surface area contributed by atoms with E-state index in [1.54, 1.807) is 53.7 Å². The van der Waals surface area contributed by atoms with E-state index in [0.29, 0.717) is 28.9 Å². The Balaban J connectivity index is 1.56. The molecule has 0 fully saturated rings. The predicted octanol–water partition coefficient (Wildman–Crippen LogP) is 3.41. The summed E-state index contributed by atoms with van der Waals surface area (Å²) in [5, 5.41) is 11.7. The van der Waals surface area contributed by atoms with Gasteiger partial charge in [-0.15, -0.1) is 0 Å². The molecule has 6 heteroatoms. The van der Waals surface area contributed by atoms with Gasteiger partial charge in [0, 0.05) is 35.9 Å². The maximum Gasteiger partial charge on any atom is 0.259 e. The van der Waals surface area contributed by atoms with E-state index in [-0.39, 0.29) is 11.8 Å². The number of nitrogens with one attached hydrogen (secondary N) is 1. The van der Waals surface area contributed by atoms with Crippen LogP contribution in [0.1, 0.15) is 31.8 Å². The highest BCUT2D eigenvalue weighted by Gasteiger charge is 2.26. The molecule has 2 heterocycles. The van der Waals surface area contributed by atoms with E-state index in [1.165, 1.54) is 0 Å². The first-order valence-corrected chi connectivity index (χ1v) is 8.82. The van der Waals surface area contributed by atoms with Gasteiger partial charge in [0.15, 0.2) is 0 Å². The molecule has 3 aromatic rings. The number of amides is 2. The Morgan fingerprint density at radius 1 is 1.07 bits per heavy atom. The first kappa shape index (κ1) is 17.4. The highest BCUT2D eigenvalue weighted by Crippen LogP contribution is 2.32. The lowest BCUT2D eigenvalue weighted by atomic mass is 10.1. The van der Waals surface area contributed by atoms with E-state index in [0.717, 1.165) is 17.7 Å². The molecule has 1 aliphatic heterocycles. The summed E-state index contributed by atoms with van der Waals surface area (Å²) in [5.41, 5.74) is 3.96. The van der Waals surface area contributed by atoms with Crippen LogP contribution in [0.2, 0.25) is 0 Å². The third-order valence-corrected chi connectivity index (χ3v) is 4.67. The normalized spacial score (nSPS) is 12.2. The van der Waals surface area contributed by atoms with E-state index in [4.69, 9.17) is 5.26 Å². The number of anilines is 2. The fourth-order valence-corrected chi connectivity index (χ4v) is 3.21. The average molecular weight is 368 g/mol. The number of carbonyl (C=O) groups is 2. The molecule has 0 spiro atoms. The number of rotatable bonds is 3. The van der Waals surface area contributed by atoms with Crippen LogP contribution in [-0.2, 0) is 6.42 Å². The average Bonchev–Trinajstić information content (AvgIpc) is 3.17. The number of hydrogen-bond donors (Lipinski definition) is 1. The lowest BCUT2D eigenvalue weighted by Crippen LogP contribution is -2.29. The Labute approximate surface area is 162 Å². The van der Waals surface area contributed by atoms with Crippen molar-refractivity contribution < 1.29 is 9.59 Å². The Morgan fingerprint density at radius 2 is 1.89 bits per heavy atom. The summed E-state index contributed by atoms with van der Waals surface area (Å²) in [6.07, 6.45) is 3.95. The van der Waals surface area contributed by atoms with E-state index in [1.807, 2.05) is 24.3 Å². The predicted molar refractivity (Wildman–Crippen MR) is 105 cm³/mol. The van der Waals surface area contributed by atoms with Crippen molar-refractivity contribution in [1.29, 1.82) is 5.26 Å². The molecule has 2 amide bonds. The van der Waals surface area contributed by atoms with Crippen LogP contribution in [0.5, 0.6) is 0 Å². The number of carbonyl (C=O) groups excluding carboxylic acids is 2. The fraction of sp³-hybridized carbons (Fsp3) is 0.0909. The summed E-state index contributed by atoms with van der Waals surface area (Å²) in [6.45, 7) is 0.593. The van der Waals surface area contributed by atoms with Crippen LogP contribution < -0.4 is 10.2 Å². The third kappa shape index (κ3) is 3.33. The second-order valence-corrected chi connectivity index (χ2v) is 6.44. The zero-order chi connectivity index (χ0) is 19.5. The van der Waals surface area contributed by atoms with Crippen molar-refractivity contribution >= 4 is 23.2 Å². The van der Waals surface area contributed by atoms with Gasteiger partial charge in [-0.1, -0.05) is 6.07 Å². The topological polar surface area (TPSA) is 86.1 Å². The highest BCUT2D eigenvalue weighted by atomic mass is 16.2. The van der Waals surface area contributed by atoms with Crippen LogP contribution in [0.3, 0.4) is 0 Å². The molecular weight excluding hydrogens is 352 g/mol. The molecule has 6 nitrogen and oxygen atoms in total. The molecule has 1 aromatic heterocycles. The fourth-order valence-electron chi connectivity index (χ4n) is 3.21. The third-order valence-electron chi connectivity index (χ3n) is 4.67. The van der Waals surface area contributed by atoms with Crippen molar-refractivity contribution in [3.63, 3.8) is 0 Å². The van der Waals surface area contributed by atoms with Crippen molar-refractivity contribution in [2.75, 3.05) is 16.8 Å². The van der Waals surface area contributed by atoms with Crippen molar-refractivity contribution in [1.82, 2.24) is 4.98 Å². The summed E-state index contributed by atoms with van der Waals surface area (Å²) >= 11 is 0. The summed E-state index contributed by atoms with van der Waals surface area (Å²) in [6, 6.07) is 17.5. The van der Waals surface area contributed by atoms with Crippen molar-refractivity contribution in [2.45, 2.75) is 6.42 Å². The lowest BCUT2D eigenvalue weighted by Gasteiger charge is -2.18. The first-order chi connectivity index (χ1) is 13.7. The van der Waals surface area contributed by atoms with E-state index < -0.39 is 0 Å². The number of aromatic nitrogens is 1. The zero-order valence-electron chi connectivity index (χ0n) is 14.9. The molecule has 1 aliphatic rings. The quantitative estimate of drug-likeness (QED) is 0.768. The number of nitriles is 1. The van der Waals surface area contributed by atoms with Crippen molar-refractivity contribution in [3.05, 3.63) is 89.2 Å². The van der Waals surface area contributed by atoms with Crippen LogP contribution in [0.4, 0.5) is 11.4 Å². The molecule has 0 saturated carbocycles. The van der Waals surface area contributed by atoms with Crippen LogP contribution in [0.15, 0.2) is 67.0 Å². The molecule has 1 N–H and O–H groups in total. The SMILES string of the molecule is N#Cc1ccc(C(=O)Nc2ccc3c(c2)N(C(=O)c2cccnc2)CC3)cc1. The minimum atomic E-state index is -0.271. The van der Waals surface area contributed by atoms with Gasteiger partial charge >= 0.3 is 0 Å². The van der Waals surface area contributed by atoms with Gasteiger partial charge < -0.3 is 10.2 Å². The Morgan fingerprint density at radius 3 is 2.61 bits per heavy atom. The molecule has 0 saturated heterocycles. The maximum atomic E-state index is 12.8. The summed E-state index contributed by atoms with van der Waals surface area (Å²) < 4.78 is 0. The van der Waals surface area contributed by atoms with E-state index >= 15 is 0 Å². The minimum Gasteiger partial charge on any atom is -0.322 e. The zero-order valence-corrected chi connectivity index (χ0v) is 14.9. The van der Waals surface area contributed by atoms with Gasteiger partial charge in [0.1, 0.15) is 0 Å². The number of nitrogens with zero attached hydrogens (tertiary/aromatic N) is 3. The van der Waals surface area contributed by atoms with Gasteiger partial charge in [0.05, 0.1) is 17.2 Å². The first-order valence-electron chi connectivity index (χ1n) is 8.82. The molecular formula is C22H16N4O2. The molecule has 28 heavy (non-hydrogen) atoms. The Hall–Kier alpha value is -3.98. The Kier molecular flexibility index (Phi) is 4.56. The number of pyridine rings is 1. The van der Waals surface area contributed by atoms with Gasteiger partial charge in [-0.3, -0.25) is 14.6 Å². The van der Waals surface area contributed by atoms with Gasteiger partial charge in [-0.25, -0.2) is 0 Å². The minimum absolute atomic E-state index is 0.109. The highest BCUT2D eigenvalue weighted by molar-refractivity contribution is 6.08. The molecule has 0 aliphatic carbocycles. The molecule has 4 rings (SSSR count). The van der Waals surface area contributed by atoms with Gasteiger partial charge in [0.25, 0.3) is 11.8 Å². The summed E-state index contributed by atoms with van der Waals surface area (Å²) in [5.74, 6) is -0.380. The van der Waals surface area contributed by atoms with Gasteiger partial charge in [-0.2, -0.15) is 5.26 Å². The van der Waals surface area contributed by atoms with Crippen LogP contribution in [-0.4, -0.2) is 23.3 Å². The number of fused-ring (bicyclic) bond motifs is 1. The molecule has 0 atom stereocenters. The smallest absolute Gasteiger partial charge is 0.259 e. The number of hydrogen-bond acceptors (Lipinski definition) is 4. The lowest BCUT2D eigenvalue weighted by molar-refractivity contribution is 0.0987. The van der Waals surface area contributed by atoms with E-state index in [9.17, 15) is 9.59 Å². The van der Waals surface area contributed by atoms with E-state index in [2.05, 4.69) is 10.3 Å². The Bertz CT molecular complexity index is 1090. The maximum absolute atomic E-state index is 12.8. The number of benzene rings is 2. The van der Waals surface area contributed by atoms with Gasteiger partial charge in [0.2, 0.25) is 0 Å². The summed E-state index contributed by atoms with van der Waals surface area (Å²) in [4.78, 5) is 31.0. The largest absolute Gasteiger partial charge is 0.322 e. The molecule has 136 valence electrons. The second kappa shape index (κ2) is 7.33. The standard InChI is InChI=1S/C22H16N4O2/c23-13-15-3-5-17(6-4-15)21(27)25-19-8-7-16-9-11-26(20(16)12-19)22(28)18-2-1-10-24-14-18/h1-8,10,12,14H,9,11H2,(H,25,27). The van der Waals surface area contributed by atoms with Crippen molar-refractivity contribution in [2.24, 2.45) is 0 Å². The molecule has 0 unspecified atom stereocenters. The van der Waals surface area contributed by atoms with Crippen LogP contribution in [0, 0.1) is 11.3 Å². The molecule has 0 radical (unpaired) electrons. The monoisotopic (exact) mass is 368 g/mol. The second-order valence-electron chi connectivity index (χ2n) is 6.44. The van der Waals surface area contributed by atoms with Crippen LogP contribution >= 0.6 is 0 Å². The van der Waals surface area contributed by atoms with Crippen LogP contribution in [0.25, 0.3) is 0 Å².